The standard InChI is InChI=1S/C11H9N3O5S/c1-19-8-4-2-3-7(5-8)12-11-9(13(15)16)6-10(20-11)14(17)18/h2-6,12H,1H3. The van der Waals surface area contributed by atoms with E-state index in [1.54, 1.807) is 24.3 Å². The summed E-state index contributed by atoms with van der Waals surface area (Å²) in [5.41, 5.74) is 0.216. The van der Waals surface area contributed by atoms with Gasteiger partial charge in [0.05, 0.1) is 17.0 Å². The van der Waals surface area contributed by atoms with Crippen molar-refractivity contribution < 1.29 is 14.6 Å². The quantitative estimate of drug-likeness (QED) is 0.669. The molecule has 0 bridgehead atoms. The smallest absolute Gasteiger partial charge is 0.333 e. The summed E-state index contributed by atoms with van der Waals surface area (Å²) in [5, 5.41) is 24.2. The van der Waals surface area contributed by atoms with Crippen LogP contribution in [0.1, 0.15) is 0 Å². The lowest BCUT2D eigenvalue weighted by molar-refractivity contribution is -0.389. The largest absolute Gasteiger partial charge is 0.497 e. The van der Waals surface area contributed by atoms with Crippen LogP contribution in [-0.4, -0.2) is 17.0 Å². The van der Waals surface area contributed by atoms with E-state index in [0.29, 0.717) is 22.8 Å². The second-order valence-electron chi connectivity index (χ2n) is 3.67. The van der Waals surface area contributed by atoms with Gasteiger partial charge >= 0.3 is 10.7 Å². The summed E-state index contributed by atoms with van der Waals surface area (Å²) in [6.45, 7) is 0. The molecule has 0 fully saturated rings. The third-order valence-corrected chi connectivity index (χ3v) is 3.40. The fourth-order valence-electron chi connectivity index (χ4n) is 1.52. The van der Waals surface area contributed by atoms with Gasteiger partial charge in [0.2, 0.25) is 0 Å². The van der Waals surface area contributed by atoms with Gasteiger partial charge in [-0.15, -0.1) is 0 Å². The highest BCUT2D eigenvalue weighted by Crippen LogP contribution is 2.40. The van der Waals surface area contributed by atoms with Gasteiger partial charge in [0, 0.05) is 11.8 Å². The molecule has 0 radical (unpaired) electrons. The number of hydrogen-bond donors (Lipinski definition) is 1. The van der Waals surface area contributed by atoms with E-state index < -0.39 is 9.85 Å². The van der Waals surface area contributed by atoms with Crippen LogP contribution >= 0.6 is 11.3 Å². The van der Waals surface area contributed by atoms with E-state index in [-0.39, 0.29) is 15.7 Å². The van der Waals surface area contributed by atoms with Gasteiger partial charge in [-0.2, -0.15) is 0 Å². The van der Waals surface area contributed by atoms with E-state index in [0.717, 1.165) is 6.07 Å². The van der Waals surface area contributed by atoms with Crippen molar-refractivity contribution in [1.29, 1.82) is 0 Å². The molecule has 20 heavy (non-hydrogen) atoms. The van der Waals surface area contributed by atoms with Crippen LogP contribution in [0, 0.1) is 20.2 Å². The summed E-state index contributed by atoms with van der Waals surface area (Å²) in [6.07, 6.45) is 0. The van der Waals surface area contributed by atoms with Crippen molar-refractivity contribution in [1.82, 2.24) is 0 Å². The highest BCUT2D eigenvalue weighted by molar-refractivity contribution is 7.19. The maximum absolute atomic E-state index is 10.9. The molecule has 0 aliphatic rings. The van der Waals surface area contributed by atoms with Crippen molar-refractivity contribution in [2.45, 2.75) is 0 Å². The Morgan fingerprint density at radius 2 is 1.95 bits per heavy atom. The van der Waals surface area contributed by atoms with Gasteiger partial charge in [-0.05, 0) is 23.5 Å². The molecule has 0 saturated heterocycles. The molecule has 104 valence electrons. The molecule has 1 aromatic carbocycles. The second kappa shape index (κ2) is 5.53. The molecule has 0 unspecified atom stereocenters. The zero-order chi connectivity index (χ0) is 14.7. The van der Waals surface area contributed by atoms with Crippen molar-refractivity contribution in [2.24, 2.45) is 0 Å². The molecule has 9 heteroatoms. The van der Waals surface area contributed by atoms with Crippen LogP contribution < -0.4 is 10.1 Å². The van der Waals surface area contributed by atoms with E-state index in [4.69, 9.17) is 4.74 Å². The molecule has 1 heterocycles. The van der Waals surface area contributed by atoms with Gasteiger partial charge < -0.3 is 10.1 Å². The van der Waals surface area contributed by atoms with Gasteiger partial charge in [-0.1, -0.05) is 6.07 Å². The summed E-state index contributed by atoms with van der Waals surface area (Å²) in [5.74, 6) is 0.573. The predicted octanol–water partition coefficient (Wildman–Crippen LogP) is 3.32. The Morgan fingerprint density at radius 3 is 2.55 bits per heavy atom. The SMILES string of the molecule is COc1cccc(Nc2sc([N+](=O)[O-])cc2[N+](=O)[O-])c1. The number of nitrogens with one attached hydrogen (secondary N) is 1. The molecule has 0 aliphatic carbocycles. The van der Waals surface area contributed by atoms with Crippen LogP contribution in [0.4, 0.5) is 21.4 Å². The Kier molecular flexibility index (Phi) is 3.80. The van der Waals surface area contributed by atoms with E-state index in [9.17, 15) is 20.2 Å². The summed E-state index contributed by atoms with van der Waals surface area (Å²) in [7, 11) is 1.50. The fraction of sp³-hybridized carbons (Fsp3) is 0.0909. The van der Waals surface area contributed by atoms with Crippen molar-refractivity contribution >= 4 is 32.7 Å². The van der Waals surface area contributed by atoms with Crippen LogP contribution in [0.15, 0.2) is 30.3 Å². The third kappa shape index (κ3) is 2.83. The van der Waals surface area contributed by atoms with Crippen LogP contribution in [0.5, 0.6) is 5.75 Å². The number of methoxy groups -OCH3 is 1. The number of ether oxygens (including phenoxy) is 1. The zero-order valence-electron chi connectivity index (χ0n) is 10.2. The normalized spacial score (nSPS) is 10.1. The Morgan fingerprint density at radius 1 is 1.20 bits per heavy atom. The highest BCUT2D eigenvalue weighted by atomic mass is 32.1. The fourth-order valence-corrected chi connectivity index (χ4v) is 2.38. The van der Waals surface area contributed by atoms with E-state index in [2.05, 4.69) is 5.32 Å². The van der Waals surface area contributed by atoms with Gasteiger partial charge in [0.25, 0.3) is 0 Å². The highest BCUT2D eigenvalue weighted by Gasteiger charge is 2.25. The molecule has 0 atom stereocenters. The molecule has 0 aliphatic heterocycles. The number of anilines is 2. The molecule has 8 nitrogen and oxygen atoms in total. The van der Waals surface area contributed by atoms with Crippen molar-refractivity contribution in [3.05, 3.63) is 50.6 Å². The molecule has 0 spiro atoms. The van der Waals surface area contributed by atoms with Crippen LogP contribution in [0.3, 0.4) is 0 Å². The van der Waals surface area contributed by atoms with Crippen molar-refractivity contribution in [2.75, 3.05) is 12.4 Å². The third-order valence-electron chi connectivity index (χ3n) is 2.40. The lowest BCUT2D eigenvalue weighted by Crippen LogP contribution is -1.93. The average Bonchev–Trinajstić information content (AvgIpc) is 2.83. The molecule has 0 amide bonds. The first-order valence-corrected chi connectivity index (χ1v) is 6.16. The minimum atomic E-state index is -0.661. The van der Waals surface area contributed by atoms with Crippen molar-refractivity contribution in [3.8, 4) is 5.75 Å². The molecule has 2 rings (SSSR count). The Bertz CT molecular complexity index is 670. The minimum absolute atomic E-state index is 0.106. The predicted molar refractivity (Wildman–Crippen MR) is 73.9 cm³/mol. The number of nitrogens with zero attached hydrogens (tertiary/aromatic N) is 2. The molecule has 1 aromatic heterocycles. The summed E-state index contributed by atoms with van der Waals surface area (Å²) < 4.78 is 5.03. The van der Waals surface area contributed by atoms with Gasteiger partial charge in [-0.25, -0.2) is 0 Å². The van der Waals surface area contributed by atoms with Crippen molar-refractivity contribution in [3.63, 3.8) is 0 Å². The average molecular weight is 295 g/mol. The maximum atomic E-state index is 10.9. The monoisotopic (exact) mass is 295 g/mol. The molecule has 2 aromatic rings. The number of hydrogen-bond acceptors (Lipinski definition) is 7. The van der Waals surface area contributed by atoms with E-state index in [1.165, 1.54) is 7.11 Å². The molecular formula is C11H9N3O5S. The van der Waals surface area contributed by atoms with E-state index >= 15 is 0 Å². The number of benzene rings is 1. The Balaban J connectivity index is 2.36. The van der Waals surface area contributed by atoms with Gasteiger partial charge in [-0.3, -0.25) is 20.2 Å². The first kappa shape index (κ1) is 13.7. The molecule has 0 saturated carbocycles. The first-order chi connectivity index (χ1) is 9.51. The lowest BCUT2D eigenvalue weighted by Gasteiger charge is -2.05. The van der Waals surface area contributed by atoms with Crippen LogP contribution in [0.2, 0.25) is 0 Å². The van der Waals surface area contributed by atoms with Crippen LogP contribution in [0.25, 0.3) is 0 Å². The Labute approximate surface area is 116 Å². The van der Waals surface area contributed by atoms with Gasteiger partial charge in [0.15, 0.2) is 5.00 Å². The Hall–Kier alpha value is -2.68. The second-order valence-corrected chi connectivity index (χ2v) is 4.70. The van der Waals surface area contributed by atoms with E-state index in [1.807, 2.05) is 0 Å². The molecule has 1 N–H and O–H groups in total. The topological polar surface area (TPSA) is 108 Å². The number of rotatable bonds is 5. The zero-order valence-corrected chi connectivity index (χ0v) is 11.0. The number of thiophene rings is 1. The maximum Gasteiger partial charge on any atom is 0.333 e. The first-order valence-electron chi connectivity index (χ1n) is 5.35. The van der Waals surface area contributed by atoms with Gasteiger partial charge in [0.1, 0.15) is 11.8 Å². The van der Waals surface area contributed by atoms with Crippen LogP contribution in [-0.2, 0) is 0 Å². The number of nitro groups is 2. The lowest BCUT2D eigenvalue weighted by atomic mass is 10.3. The minimum Gasteiger partial charge on any atom is -0.497 e. The summed E-state index contributed by atoms with van der Waals surface area (Å²) in [4.78, 5) is 20.3. The summed E-state index contributed by atoms with van der Waals surface area (Å²) >= 11 is 0.712. The summed E-state index contributed by atoms with van der Waals surface area (Å²) in [6, 6.07) is 7.67. The molecular weight excluding hydrogens is 286 g/mol.